The summed E-state index contributed by atoms with van der Waals surface area (Å²) in [6, 6.07) is 0. The minimum Gasteiger partial charge on any atom is -0.292 e. The molecule has 1 aliphatic rings. The monoisotopic (exact) mass is 119 g/mol. The molecule has 0 aromatic rings. The molecule has 4 heteroatoms. The van der Waals surface area contributed by atoms with Gasteiger partial charge in [-0.15, -0.1) is 11.8 Å². The number of hydrogen-bond acceptors (Lipinski definition) is 4. The van der Waals surface area contributed by atoms with Crippen LogP contribution in [-0.4, -0.2) is 17.4 Å². The molecular formula is C3H9N3S. The lowest BCUT2D eigenvalue weighted by atomic mass is 10.7. The zero-order valence-electron chi connectivity index (χ0n) is 3.98. The molecule has 1 saturated heterocycles. The van der Waals surface area contributed by atoms with Crippen molar-refractivity contribution in [3.05, 3.63) is 0 Å². The molecule has 0 atom stereocenters. The highest BCUT2D eigenvalue weighted by Gasteiger charge is 2.23. The van der Waals surface area contributed by atoms with Crippen LogP contribution in [0.15, 0.2) is 0 Å². The first-order valence-corrected chi connectivity index (χ1v) is 3.16. The molecule has 0 saturated carbocycles. The fourth-order valence-corrected chi connectivity index (χ4v) is 1.26. The van der Waals surface area contributed by atoms with Crippen LogP contribution in [0.4, 0.5) is 0 Å². The van der Waals surface area contributed by atoms with Crippen LogP contribution in [-0.2, 0) is 0 Å². The van der Waals surface area contributed by atoms with Gasteiger partial charge >= 0.3 is 0 Å². The fourth-order valence-electron chi connectivity index (χ4n) is 0.517. The van der Waals surface area contributed by atoms with Crippen LogP contribution < -0.4 is 16.8 Å². The normalized spacial score (nSPS) is 28.3. The number of thioether (sulfide) groups is 1. The predicted molar refractivity (Wildman–Crippen MR) is 31.6 cm³/mol. The van der Waals surface area contributed by atoms with E-state index in [0.717, 1.165) is 12.3 Å². The van der Waals surface area contributed by atoms with E-state index >= 15 is 0 Å². The van der Waals surface area contributed by atoms with Crippen LogP contribution in [0.25, 0.3) is 0 Å². The SMILES string of the molecule is NC1(N)NCCS1. The highest BCUT2D eigenvalue weighted by molar-refractivity contribution is 8.00. The first kappa shape index (κ1) is 5.37. The van der Waals surface area contributed by atoms with Crippen molar-refractivity contribution in [2.45, 2.75) is 5.12 Å². The van der Waals surface area contributed by atoms with Crippen molar-refractivity contribution in [1.82, 2.24) is 5.32 Å². The molecule has 1 aliphatic heterocycles. The summed E-state index contributed by atoms with van der Waals surface area (Å²) < 4.78 is 0. The highest BCUT2D eigenvalue weighted by atomic mass is 32.2. The van der Waals surface area contributed by atoms with Crippen molar-refractivity contribution in [2.75, 3.05) is 12.3 Å². The van der Waals surface area contributed by atoms with Gasteiger partial charge in [0.2, 0.25) is 0 Å². The molecule has 7 heavy (non-hydrogen) atoms. The van der Waals surface area contributed by atoms with Gasteiger partial charge in [-0.05, 0) is 0 Å². The number of hydrogen-bond donors (Lipinski definition) is 3. The third-order valence-electron chi connectivity index (χ3n) is 0.844. The Bertz CT molecular complexity index is 64.6. The Kier molecular flexibility index (Phi) is 1.25. The summed E-state index contributed by atoms with van der Waals surface area (Å²) in [7, 11) is 0. The molecule has 0 aromatic carbocycles. The summed E-state index contributed by atoms with van der Waals surface area (Å²) in [4.78, 5) is 0. The average Bonchev–Trinajstić information content (AvgIpc) is 1.84. The maximum atomic E-state index is 5.41. The minimum atomic E-state index is -0.639. The van der Waals surface area contributed by atoms with E-state index in [1.807, 2.05) is 0 Å². The average molecular weight is 119 g/mol. The van der Waals surface area contributed by atoms with E-state index in [0.29, 0.717) is 0 Å². The first-order chi connectivity index (χ1) is 3.21. The van der Waals surface area contributed by atoms with Gasteiger partial charge in [-0.2, -0.15) is 0 Å². The zero-order valence-corrected chi connectivity index (χ0v) is 4.79. The third-order valence-corrected chi connectivity index (χ3v) is 1.87. The van der Waals surface area contributed by atoms with E-state index < -0.39 is 5.12 Å². The molecule has 1 heterocycles. The predicted octanol–water partition coefficient (Wildman–Crippen LogP) is -1.15. The van der Waals surface area contributed by atoms with Crippen LogP contribution >= 0.6 is 11.8 Å². The van der Waals surface area contributed by atoms with Crippen molar-refractivity contribution in [3.63, 3.8) is 0 Å². The molecule has 0 amide bonds. The number of nitrogens with one attached hydrogen (secondary N) is 1. The molecule has 1 rings (SSSR count). The lowest BCUT2D eigenvalue weighted by Gasteiger charge is -2.14. The van der Waals surface area contributed by atoms with E-state index in [1.165, 1.54) is 0 Å². The van der Waals surface area contributed by atoms with Gasteiger partial charge in [-0.25, -0.2) is 0 Å². The second-order valence-corrected chi connectivity index (χ2v) is 2.94. The Labute approximate surface area is 46.8 Å². The van der Waals surface area contributed by atoms with Crippen LogP contribution in [0.3, 0.4) is 0 Å². The summed E-state index contributed by atoms with van der Waals surface area (Å²) in [5, 5.41) is 2.28. The molecule has 0 bridgehead atoms. The molecule has 5 N–H and O–H groups in total. The topological polar surface area (TPSA) is 64.1 Å². The van der Waals surface area contributed by atoms with Crippen LogP contribution in [0.5, 0.6) is 0 Å². The van der Waals surface area contributed by atoms with Crippen molar-refractivity contribution in [2.24, 2.45) is 11.5 Å². The smallest absolute Gasteiger partial charge is 0.168 e. The summed E-state index contributed by atoms with van der Waals surface area (Å²) in [5.74, 6) is 1.02. The van der Waals surface area contributed by atoms with E-state index in [2.05, 4.69) is 5.32 Å². The van der Waals surface area contributed by atoms with Crippen LogP contribution in [0.2, 0.25) is 0 Å². The summed E-state index contributed by atoms with van der Waals surface area (Å²) in [5.41, 5.74) is 10.8. The molecule has 0 aromatic heterocycles. The van der Waals surface area contributed by atoms with Crippen molar-refractivity contribution >= 4 is 11.8 Å². The Hall–Kier alpha value is 0.230. The lowest BCUT2D eigenvalue weighted by molar-refractivity contribution is 0.542. The van der Waals surface area contributed by atoms with Gasteiger partial charge in [0, 0.05) is 12.3 Å². The Balaban J connectivity index is 2.40. The van der Waals surface area contributed by atoms with Gasteiger partial charge in [0.05, 0.1) is 0 Å². The van der Waals surface area contributed by atoms with Gasteiger partial charge in [0.15, 0.2) is 5.12 Å². The van der Waals surface area contributed by atoms with Gasteiger partial charge in [0.1, 0.15) is 0 Å². The standard InChI is InChI=1S/C3H9N3S/c4-3(5)6-1-2-7-3/h6H,1-2,4-5H2. The second-order valence-electron chi connectivity index (χ2n) is 1.57. The van der Waals surface area contributed by atoms with Crippen molar-refractivity contribution in [1.29, 1.82) is 0 Å². The second kappa shape index (κ2) is 1.63. The van der Waals surface area contributed by atoms with Gasteiger partial charge in [-0.3, -0.25) is 16.8 Å². The summed E-state index contributed by atoms with van der Waals surface area (Å²) in [6.07, 6.45) is 0. The Morgan fingerprint density at radius 3 is 2.43 bits per heavy atom. The van der Waals surface area contributed by atoms with E-state index in [9.17, 15) is 0 Å². The fraction of sp³-hybridized carbons (Fsp3) is 1.00. The maximum absolute atomic E-state index is 5.41. The highest BCUT2D eigenvalue weighted by Crippen LogP contribution is 2.14. The quantitative estimate of drug-likeness (QED) is 0.352. The van der Waals surface area contributed by atoms with Crippen molar-refractivity contribution in [3.8, 4) is 0 Å². The molecule has 0 spiro atoms. The van der Waals surface area contributed by atoms with Gasteiger partial charge in [-0.1, -0.05) is 0 Å². The van der Waals surface area contributed by atoms with Crippen LogP contribution in [0.1, 0.15) is 0 Å². The largest absolute Gasteiger partial charge is 0.292 e. The zero-order chi connectivity index (χ0) is 5.33. The van der Waals surface area contributed by atoms with E-state index in [4.69, 9.17) is 11.5 Å². The molecule has 1 fully saturated rings. The van der Waals surface area contributed by atoms with Gasteiger partial charge in [0.25, 0.3) is 0 Å². The molecule has 0 aliphatic carbocycles. The first-order valence-electron chi connectivity index (χ1n) is 2.17. The van der Waals surface area contributed by atoms with E-state index in [-0.39, 0.29) is 0 Å². The Morgan fingerprint density at radius 1 is 1.57 bits per heavy atom. The van der Waals surface area contributed by atoms with E-state index in [1.54, 1.807) is 11.8 Å². The number of rotatable bonds is 0. The van der Waals surface area contributed by atoms with Crippen molar-refractivity contribution < 1.29 is 0 Å². The summed E-state index contributed by atoms with van der Waals surface area (Å²) >= 11 is 1.54. The Morgan fingerprint density at radius 2 is 2.29 bits per heavy atom. The molecule has 3 nitrogen and oxygen atoms in total. The summed E-state index contributed by atoms with van der Waals surface area (Å²) in [6.45, 7) is 0.928. The third kappa shape index (κ3) is 1.31. The maximum Gasteiger partial charge on any atom is 0.168 e. The molecule has 0 unspecified atom stereocenters. The van der Waals surface area contributed by atoms with Crippen LogP contribution in [0, 0.1) is 0 Å². The number of nitrogens with two attached hydrogens (primary N) is 2. The molecular weight excluding hydrogens is 110 g/mol. The molecule has 0 radical (unpaired) electrons. The lowest BCUT2D eigenvalue weighted by Crippen LogP contribution is -2.54. The minimum absolute atomic E-state index is 0.639. The molecule has 42 valence electrons. The van der Waals surface area contributed by atoms with Gasteiger partial charge < -0.3 is 0 Å².